The summed E-state index contributed by atoms with van der Waals surface area (Å²) in [4.78, 5) is 22.4. The largest absolute Gasteiger partial charge is 0.403 e. The molecular formula is C15H12N4O6S2. The van der Waals surface area contributed by atoms with Crippen molar-refractivity contribution in [3.05, 3.63) is 51.4 Å². The van der Waals surface area contributed by atoms with Gasteiger partial charge in [0.25, 0.3) is 5.91 Å². The quantitative estimate of drug-likeness (QED) is 0.484. The summed E-state index contributed by atoms with van der Waals surface area (Å²) in [5.41, 5.74) is 0.477. The first-order chi connectivity index (χ1) is 12.8. The Hall–Kier alpha value is -3.12. The van der Waals surface area contributed by atoms with Crippen LogP contribution in [-0.2, 0) is 9.84 Å². The second-order valence-corrected chi connectivity index (χ2v) is 8.53. The van der Waals surface area contributed by atoms with Crippen LogP contribution in [0.3, 0.4) is 0 Å². The van der Waals surface area contributed by atoms with Gasteiger partial charge in [0.05, 0.1) is 20.4 Å². The molecule has 0 saturated carbocycles. The Morgan fingerprint density at radius 3 is 2.52 bits per heavy atom. The maximum absolute atomic E-state index is 12.1. The van der Waals surface area contributed by atoms with E-state index in [1.54, 1.807) is 6.92 Å². The van der Waals surface area contributed by atoms with E-state index >= 15 is 0 Å². The number of hydrogen-bond acceptors (Lipinski definition) is 9. The van der Waals surface area contributed by atoms with Crippen LogP contribution in [0.25, 0.3) is 11.5 Å². The van der Waals surface area contributed by atoms with E-state index < -0.39 is 20.7 Å². The summed E-state index contributed by atoms with van der Waals surface area (Å²) < 4.78 is 29.0. The number of thiophene rings is 1. The Kier molecular flexibility index (Phi) is 5.01. The van der Waals surface area contributed by atoms with Crippen molar-refractivity contribution in [1.82, 2.24) is 10.2 Å². The van der Waals surface area contributed by atoms with E-state index in [0.717, 1.165) is 11.3 Å². The van der Waals surface area contributed by atoms with Crippen molar-refractivity contribution in [2.75, 3.05) is 11.1 Å². The molecule has 1 aromatic carbocycles. The molecule has 0 aliphatic carbocycles. The zero-order chi connectivity index (χ0) is 19.6. The number of anilines is 1. The number of carbonyl (C=O) groups excluding carboxylic acids is 1. The Morgan fingerprint density at radius 1 is 1.22 bits per heavy atom. The Bertz CT molecular complexity index is 1100. The van der Waals surface area contributed by atoms with Crippen molar-refractivity contribution < 1.29 is 22.6 Å². The highest BCUT2D eigenvalue weighted by Gasteiger charge is 2.18. The molecule has 0 aliphatic heterocycles. The van der Waals surface area contributed by atoms with Gasteiger partial charge in [0.15, 0.2) is 9.84 Å². The molecule has 140 valence electrons. The van der Waals surface area contributed by atoms with Crippen molar-refractivity contribution in [3.8, 4) is 11.5 Å². The fourth-order valence-corrected chi connectivity index (χ4v) is 3.67. The number of hydrogen-bond donors (Lipinski definition) is 1. The van der Waals surface area contributed by atoms with Gasteiger partial charge in [-0.1, -0.05) is 23.4 Å². The van der Waals surface area contributed by atoms with Crippen LogP contribution in [0.2, 0.25) is 0 Å². The highest BCUT2D eigenvalue weighted by molar-refractivity contribution is 7.91. The van der Waals surface area contributed by atoms with Gasteiger partial charge in [-0.25, -0.2) is 8.42 Å². The third-order valence-electron chi connectivity index (χ3n) is 3.48. The van der Waals surface area contributed by atoms with Crippen LogP contribution in [0.5, 0.6) is 0 Å². The van der Waals surface area contributed by atoms with E-state index in [1.165, 1.54) is 36.4 Å². The standard InChI is InChI=1S/C15H12N4O6S2/c1-2-27(23,24)10-5-3-9(4-6-10)14-17-18-15(25-14)16-13(20)11-7-8-12(26-11)19(21)22/h3-8H,2H2,1H3,(H,16,18,20). The topological polar surface area (TPSA) is 145 Å². The highest BCUT2D eigenvalue weighted by atomic mass is 32.2. The van der Waals surface area contributed by atoms with E-state index in [9.17, 15) is 23.3 Å². The molecule has 0 fully saturated rings. The van der Waals surface area contributed by atoms with Crippen LogP contribution < -0.4 is 5.32 Å². The normalized spacial score (nSPS) is 11.3. The van der Waals surface area contributed by atoms with Crippen LogP contribution in [0.15, 0.2) is 45.7 Å². The van der Waals surface area contributed by atoms with E-state index in [2.05, 4.69) is 15.5 Å². The van der Waals surface area contributed by atoms with Crippen molar-refractivity contribution in [3.63, 3.8) is 0 Å². The van der Waals surface area contributed by atoms with Gasteiger partial charge in [0, 0.05) is 11.6 Å². The van der Waals surface area contributed by atoms with Gasteiger partial charge in [-0.15, -0.1) is 5.10 Å². The molecule has 0 radical (unpaired) electrons. The van der Waals surface area contributed by atoms with E-state index in [0.29, 0.717) is 5.56 Å². The lowest BCUT2D eigenvalue weighted by molar-refractivity contribution is -0.380. The first kappa shape index (κ1) is 18.7. The third-order valence-corrected chi connectivity index (χ3v) is 6.27. The average molecular weight is 408 g/mol. The zero-order valence-corrected chi connectivity index (χ0v) is 15.4. The van der Waals surface area contributed by atoms with Gasteiger partial charge in [-0.3, -0.25) is 20.2 Å². The van der Waals surface area contributed by atoms with Crippen LogP contribution >= 0.6 is 11.3 Å². The molecule has 2 heterocycles. The number of benzene rings is 1. The van der Waals surface area contributed by atoms with Crippen LogP contribution in [0.1, 0.15) is 16.6 Å². The van der Waals surface area contributed by atoms with Crippen LogP contribution in [0.4, 0.5) is 11.0 Å². The van der Waals surface area contributed by atoms with Gasteiger partial charge >= 0.3 is 11.0 Å². The van der Waals surface area contributed by atoms with Gasteiger partial charge in [0.2, 0.25) is 5.89 Å². The Labute approximate surface area is 156 Å². The Balaban J connectivity index is 1.74. The molecule has 0 bridgehead atoms. The number of nitrogens with one attached hydrogen (secondary N) is 1. The summed E-state index contributed by atoms with van der Waals surface area (Å²) in [6.45, 7) is 1.55. The van der Waals surface area contributed by atoms with Crippen molar-refractivity contribution in [2.24, 2.45) is 0 Å². The van der Waals surface area contributed by atoms with Crippen LogP contribution in [-0.4, -0.2) is 35.2 Å². The predicted octanol–water partition coefficient (Wildman–Crippen LogP) is 2.75. The fraction of sp³-hybridized carbons (Fsp3) is 0.133. The number of rotatable bonds is 6. The molecule has 10 nitrogen and oxygen atoms in total. The molecule has 2 aromatic heterocycles. The van der Waals surface area contributed by atoms with Gasteiger partial charge in [0.1, 0.15) is 0 Å². The summed E-state index contributed by atoms with van der Waals surface area (Å²) >= 11 is 0.720. The van der Waals surface area contributed by atoms with Crippen molar-refractivity contribution in [2.45, 2.75) is 11.8 Å². The molecule has 12 heteroatoms. The van der Waals surface area contributed by atoms with Gasteiger partial charge < -0.3 is 4.42 Å². The lowest BCUT2D eigenvalue weighted by atomic mass is 10.2. The molecule has 1 N–H and O–H groups in total. The first-order valence-electron chi connectivity index (χ1n) is 7.52. The summed E-state index contributed by atoms with van der Waals surface area (Å²) in [7, 11) is -3.31. The maximum Gasteiger partial charge on any atom is 0.324 e. The zero-order valence-electron chi connectivity index (χ0n) is 13.8. The highest BCUT2D eigenvalue weighted by Crippen LogP contribution is 2.26. The minimum atomic E-state index is -3.31. The van der Waals surface area contributed by atoms with E-state index in [1.807, 2.05) is 0 Å². The summed E-state index contributed by atoms with van der Waals surface area (Å²) in [5, 5.41) is 20.3. The fourth-order valence-electron chi connectivity index (χ4n) is 2.07. The van der Waals surface area contributed by atoms with E-state index in [-0.39, 0.29) is 32.4 Å². The predicted molar refractivity (Wildman–Crippen MR) is 96.4 cm³/mol. The minimum absolute atomic E-state index is 0.00995. The molecule has 0 atom stereocenters. The number of amides is 1. The SMILES string of the molecule is CCS(=O)(=O)c1ccc(-c2nnc(NC(=O)c3ccc([N+](=O)[O-])s3)o2)cc1. The average Bonchev–Trinajstić information content (AvgIpc) is 3.31. The second kappa shape index (κ2) is 7.25. The molecule has 0 saturated heterocycles. The summed E-state index contributed by atoms with van der Waals surface area (Å²) in [6, 6.07) is 8.26. The van der Waals surface area contributed by atoms with Crippen LogP contribution in [0, 0.1) is 10.1 Å². The van der Waals surface area contributed by atoms with Crippen molar-refractivity contribution in [1.29, 1.82) is 0 Å². The van der Waals surface area contributed by atoms with Gasteiger partial charge in [-0.05, 0) is 30.3 Å². The molecular weight excluding hydrogens is 396 g/mol. The number of sulfone groups is 1. The van der Waals surface area contributed by atoms with E-state index in [4.69, 9.17) is 4.42 Å². The second-order valence-electron chi connectivity index (χ2n) is 5.19. The van der Waals surface area contributed by atoms with Gasteiger partial charge in [-0.2, -0.15) is 0 Å². The number of carbonyl (C=O) groups is 1. The number of aromatic nitrogens is 2. The molecule has 0 aliphatic rings. The molecule has 27 heavy (non-hydrogen) atoms. The molecule has 3 aromatic rings. The lowest BCUT2D eigenvalue weighted by Gasteiger charge is -2.01. The molecule has 0 spiro atoms. The minimum Gasteiger partial charge on any atom is -0.403 e. The monoisotopic (exact) mass is 408 g/mol. The number of nitrogens with zero attached hydrogens (tertiary/aromatic N) is 3. The maximum atomic E-state index is 12.1. The third kappa shape index (κ3) is 4.01. The molecule has 0 unspecified atom stereocenters. The Morgan fingerprint density at radius 2 is 1.93 bits per heavy atom. The molecule has 1 amide bonds. The smallest absolute Gasteiger partial charge is 0.324 e. The number of nitro groups is 1. The van der Waals surface area contributed by atoms with Crippen molar-refractivity contribution >= 4 is 38.1 Å². The lowest BCUT2D eigenvalue weighted by Crippen LogP contribution is -2.10. The summed E-state index contributed by atoms with van der Waals surface area (Å²) in [5.74, 6) is -0.542. The summed E-state index contributed by atoms with van der Waals surface area (Å²) in [6.07, 6.45) is 0. The molecule has 3 rings (SSSR count). The first-order valence-corrected chi connectivity index (χ1v) is 9.99.